The summed E-state index contributed by atoms with van der Waals surface area (Å²) < 4.78 is 28.2. The molecule has 129 heavy (non-hydrogen) atoms. The van der Waals surface area contributed by atoms with Crippen LogP contribution < -0.4 is 57.9 Å². The van der Waals surface area contributed by atoms with E-state index >= 15 is 9.59 Å². The van der Waals surface area contributed by atoms with E-state index in [-0.39, 0.29) is 57.0 Å². The number of anilines is 1. The number of hydrogen-bond acceptors (Lipinski definition) is 26. The summed E-state index contributed by atoms with van der Waals surface area (Å²) in [6, 6.07) is -0.198. The standard InChI is InChI=1S/C92H136N14O23/c1-9-88(123)42-54-43-91(85(122)127-8,73-58(23-33-104(44-54)52-88)57-19-14-15-20-61(57)96-73)60-40-59-66(41-68(60)126-7)103(5)82-90(59)31-34-105-32-16-24-89(10-2,81(90)105)83(120)92(82,124)84(121)95-51-87-28-25-86(26-29-87,27-30-87)50-94-79(118)71(53(3)4)101-76(115)64(47-108)98-74(113)62(21-22-69(93)111)97-80(119)72(55-17-12-11-13-18-55)102-77(116)65(48-109)99-75(114)63(46-107)100-78(117)67-39-56(110)45-106(67)70(112)49-129-38-37-128-36-35-125-6/h14-16,19-20,24,40-41,53-56,62-65,67,71-72,81-83,96,107-110,120,123-124H,9-13,17-18,21-23,25-39,42-52H2,1-8H3,(H2,93,111)(H,94,118)(H,95,121)(H,97,119)(H,98,113)(H,99,114)(H,100,117)(H,101,115)(H,102,116)/t54?,56-,62+,63+,64+,65+,67?,71+,72?,81?,82?,83-,86?,87?,88+,89-,90?,91+,92+/m1/s1. The van der Waals surface area contributed by atoms with E-state index < -0.39 is 216 Å². The number of likely N-dealkylation sites (tertiary alicyclic amines) is 1. The van der Waals surface area contributed by atoms with E-state index in [0.717, 1.165) is 33.4 Å². The number of fused-ring (bicyclic) bond motifs is 9. The van der Waals surface area contributed by atoms with Gasteiger partial charge in [-0.2, -0.15) is 0 Å². The summed E-state index contributed by atoms with van der Waals surface area (Å²) in [7, 11) is 6.38. The van der Waals surface area contributed by atoms with Crippen LogP contribution in [0.5, 0.6) is 5.75 Å². The van der Waals surface area contributed by atoms with Crippen LogP contribution in [0.1, 0.15) is 172 Å². The highest BCUT2D eigenvalue weighted by atomic mass is 16.5. The zero-order valence-corrected chi connectivity index (χ0v) is 75.7. The molecular formula is C92H136N14O23. The Kier molecular flexibility index (Phi) is 30.7. The molecule has 18 atom stereocenters. The quantitative estimate of drug-likeness (QED) is 0.0182. The van der Waals surface area contributed by atoms with Gasteiger partial charge in [-0.3, -0.25) is 62.5 Å². The molecule has 4 bridgehead atoms. The van der Waals surface area contributed by atoms with Gasteiger partial charge in [-0.1, -0.05) is 77.3 Å². The van der Waals surface area contributed by atoms with Crippen molar-refractivity contribution in [1.82, 2.24) is 62.2 Å². The Balaban J connectivity index is 0.651. The fraction of sp³-hybridized carbons (Fsp3) is 0.707. The number of carbonyl (C=O) groups is 11. The number of β-amino-alcohol motifs (C(OH)–C–C–N with tert-alkyl or cyclic N) is 1. The molecule has 6 aliphatic heterocycles. The Morgan fingerprint density at radius 2 is 1.30 bits per heavy atom. The molecule has 0 radical (unpaired) electrons. The van der Waals surface area contributed by atoms with Gasteiger partial charge in [0.2, 0.25) is 53.2 Å². The summed E-state index contributed by atoms with van der Waals surface area (Å²) in [5.74, 6) is -10.3. The van der Waals surface area contributed by atoms with Crippen molar-refractivity contribution < 1.29 is 112 Å². The number of aromatic nitrogens is 1. The predicted octanol–water partition coefficient (Wildman–Crippen LogP) is -1.15. The van der Waals surface area contributed by atoms with Crippen LogP contribution in [0, 0.1) is 34.0 Å². The Morgan fingerprint density at radius 1 is 0.674 bits per heavy atom. The topological polar surface area (TPSA) is 527 Å². The highest BCUT2D eigenvalue weighted by Crippen LogP contribution is 2.68. The first kappa shape index (κ1) is 97.5. The summed E-state index contributed by atoms with van der Waals surface area (Å²) in [4.78, 5) is 168. The van der Waals surface area contributed by atoms with Crippen molar-refractivity contribution in [2.24, 2.45) is 39.7 Å². The number of nitrogens with two attached hydrogens (primary N) is 1. The number of ether oxygens (including phenoxy) is 5. The lowest BCUT2D eigenvalue weighted by atomic mass is 9.47. The van der Waals surface area contributed by atoms with Gasteiger partial charge in [-0.25, -0.2) is 0 Å². The number of likely N-dealkylation sites (N-methyl/N-ethyl adjacent to an activating group) is 1. The van der Waals surface area contributed by atoms with Crippen molar-refractivity contribution in [3.05, 3.63) is 70.9 Å². The molecule has 37 nitrogen and oxygen atoms in total. The molecule has 2 aromatic carbocycles. The van der Waals surface area contributed by atoms with Crippen LogP contribution in [0.4, 0.5) is 5.69 Å². The molecule has 712 valence electrons. The maximum Gasteiger partial charge on any atom is 0.322 e. The first-order valence-corrected chi connectivity index (χ1v) is 46.2. The van der Waals surface area contributed by atoms with E-state index in [0.29, 0.717) is 165 Å². The third-order valence-electron chi connectivity index (χ3n) is 30.7. The van der Waals surface area contributed by atoms with Crippen molar-refractivity contribution in [2.45, 2.75) is 245 Å². The molecule has 8 fully saturated rings. The smallest absolute Gasteiger partial charge is 0.322 e. The van der Waals surface area contributed by atoms with Gasteiger partial charge >= 0.3 is 5.97 Å². The van der Waals surface area contributed by atoms with Gasteiger partial charge in [0.1, 0.15) is 66.2 Å². The number of primary amides is 1. The number of nitrogens with zero attached hydrogens (tertiary/aromatic N) is 4. The van der Waals surface area contributed by atoms with E-state index in [1.54, 1.807) is 21.0 Å². The van der Waals surface area contributed by atoms with E-state index in [9.17, 15) is 78.9 Å². The minimum atomic E-state index is -2.44. The van der Waals surface area contributed by atoms with Crippen LogP contribution >= 0.6 is 0 Å². The summed E-state index contributed by atoms with van der Waals surface area (Å²) >= 11 is 0. The van der Waals surface area contributed by atoms with Gasteiger partial charge in [0, 0.05) is 124 Å². The Bertz CT molecular complexity index is 4620. The Labute approximate surface area is 752 Å². The lowest BCUT2D eigenvalue weighted by Crippen LogP contribution is -2.82. The van der Waals surface area contributed by atoms with Gasteiger partial charge in [0.15, 0.2) is 5.60 Å². The van der Waals surface area contributed by atoms with Gasteiger partial charge in [0.25, 0.3) is 5.91 Å². The fourth-order valence-electron chi connectivity index (χ4n) is 23.8. The zero-order chi connectivity index (χ0) is 92.9. The maximum atomic E-state index is 16.0. The van der Waals surface area contributed by atoms with Crippen molar-refractivity contribution in [2.75, 3.05) is 138 Å². The van der Waals surface area contributed by atoms with Gasteiger partial charge < -0.3 is 122 Å². The SMILES string of the molecule is CC[C@]1(O)CC2CN(CCc3c([nH]c4ccccc34)[C@@](C(=O)OC)(c3cc4c(cc3OC)N(C)C3C45CCN4CC=C[C@](CC)(C45)[C@@H](O)[C@]3(O)C(=O)NCC34CCC(CNC(=O)[C@@H](NC(=O)[C@H](CO)NC(=O)[C@H](CCC(N)=O)NC(=O)C(NC(=O)[C@H](CO)NC(=O)[C@H](CO)NC(=O)C5C[C@@H](O)CN5C(=O)COCCOCCOC)C5CCCCC5)C(C)C)(CC3)CC4)C2)C1. The van der Waals surface area contributed by atoms with Gasteiger partial charge in [-0.05, 0) is 155 Å². The second kappa shape index (κ2) is 40.6. The summed E-state index contributed by atoms with van der Waals surface area (Å²) in [5.41, 5.74) is 2.21. The number of nitrogens with one attached hydrogen (secondary N) is 9. The Hall–Kier alpha value is -8.99. The number of aromatic amines is 1. The molecule has 37 heteroatoms. The van der Waals surface area contributed by atoms with Crippen LogP contribution in [-0.2, 0) is 88.9 Å². The van der Waals surface area contributed by atoms with E-state index in [1.165, 1.54) is 14.2 Å². The Morgan fingerprint density at radius 3 is 1.94 bits per heavy atom. The number of hydrogen-bond donors (Lipinski definition) is 17. The number of methoxy groups -OCH3 is 3. The van der Waals surface area contributed by atoms with E-state index in [4.69, 9.17) is 29.4 Å². The first-order valence-electron chi connectivity index (χ1n) is 46.2. The molecule has 3 saturated heterocycles. The summed E-state index contributed by atoms with van der Waals surface area (Å²) in [6.07, 6.45) is 9.65. The molecule has 1 aromatic heterocycles. The van der Waals surface area contributed by atoms with Crippen LogP contribution in [-0.4, -0.2) is 332 Å². The van der Waals surface area contributed by atoms with Crippen LogP contribution in [0.25, 0.3) is 10.9 Å². The number of rotatable bonds is 39. The lowest BCUT2D eigenvalue weighted by molar-refractivity contribution is -0.204. The van der Waals surface area contributed by atoms with Crippen LogP contribution in [0.3, 0.4) is 0 Å². The molecule has 5 aliphatic carbocycles. The molecule has 7 heterocycles. The number of esters is 1. The van der Waals surface area contributed by atoms with Gasteiger partial charge in [-0.15, -0.1) is 0 Å². The molecule has 3 aromatic rings. The molecule has 7 unspecified atom stereocenters. The lowest BCUT2D eigenvalue weighted by Gasteiger charge is -2.63. The van der Waals surface area contributed by atoms with Gasteiger partial charge in [0.05, 0.1) is 78.2 Å². The van der Waals surface area contributed by atoms with Crippen molar-refractivity contribution in [3.63, 3.8) is 0 Å². The molecule has 10 amide bonds. The molecule has 18 N–H and O–H groups in total. The number of piperidine rings is 1. The minimum Gasteiger partial charge on any atom is -0.496 e. The number of aliphatic hydroxyl groups excluding tert-OH is 5. The number of benzene rings is 2. The zero-order valence-electron chi connectivity index (χ0n) is 75.7. The van der Waals surface area contributed by atoms with Crippen LogP contribution in [0.15, 0.2) is 48.6 Å². The maximum absolute atomic E-state index is 16.0. The normalized spacial score (nSPS) is 30.6. The third kappa shape index (κ3) is 19.1. The van der Waals surface area contributed by atoms with E-state index in [1.807, 2.05) is 62.2 Å². The second-order valence-corrected chi connectivity index (χ2v) is 38.5. The fourth-order valence-corrected chi connectivity index (χ4v) is 23.8. The van der Waals surface area contributed by atoms with Crippen molar-refractivity contribution in [1.29, 1.82) is 0 Å². The number of H-pyrrole nitrogens is 1. The number of amides is 10. The van der Waals surface area contributed by atoms with E-state index in [2.05, 4.69) is 69.5 Å². The molecular weight excluding hydrogens is 1670 g/mol. The number of aliphatic hydroxyl groups is 7. The monoisotopic (exact) mass is 1800 g/mol. The minimum absolute atomic E-state index is 0.0376. The number of para-hydroxylation sites is 1. The molecule has 11 aliphatic rings. The molecule has 14 rings (SSSR count). The highest BCUT2D eigenvalue weighted by Gasteiger charge is 2.79. The van der Waals surface area contributed by atoms with Crippen molar-refractivity contribution in [3.8, 4) is 5.75 Å². The van der Waals surface area contributed by atoms with Crippen molar-refractivity contribution >= 4 is 81.6 Å². The second-order valence-electron chi connectivity index (χ2n) is 38.5. The molecule has 1 spiro atoms. The number of carbonyl (C=O) groups excluding carboxylic acids is 11. The predicted molar refractivity (Wildman–Crippen MR) is 470 cm³/mol. The first-order chi connectivity index (χ1) is 61.7. The summed E-state index contributed by atoms with van der Waals surface area (Å²) in [5, 5.41) is 104. The average Bonchev–Trinajstić information content (AvgIpc) is 1.48. The molecule has 5 saturated carbocycles. The van der Waals surface area contributed by atoms with Crippen LogP contribution in [0.2, 0.25) is 0 Å². The average molecular weight is 1810 g/mol. The summed E-state index contributed by atoms with van der Waals surface area (Å²) in [6.45, 7) is 7.85. The third-order valence-corrected chi connectivity index (χ3v) is 30.7. The largest absolute Gasteiger partial charge is 0.496 e. The highest BCUT2D eigenvalue weighted by molar-refractivity contribution is 6.00.